The predicted molar refractivity (Wildman–Crippen MR) is 120 cm³/mol. The first-order valence-corrected chi connectivity index (χ1v) is 11.3. The molecule has 2 aromatic carbocycles. The Labute approximate surface area is 184 Å². The molecule has 1 atom stereocenters. The fourth-order valence-electron chi connectivity index (χ4n) is 3.53. The maximum Gasteiger partial charge on any atom is 0.243 e. The maximum atomic E-state index is 11.7. The molecule has 0 aliphatic heterocycles. The molecule has 0 saturated heterocycles. The molecule has 0 bridgehead atoms. The van der Waals surface area contributed by atoms with Crippen LogP contribution in [-0.4, -0.2) is 40.5 Å². The van der Waals surface area contributed by atoms with Crippen LogP contribution in [0.4, 0.5) is 0 Å². The minimum absolute atomic E-state index is 0.284. The Morgan fingerprint density at radius 1 is 1.10 bits per heavy atom. The maximum absolute atomic E-state index is 11.7. The number of aromatic nitrogens is 2. The minimum atomic E-state index is -2.05. The van der Waals surface area contributed by atoms with Gasteiger partial charge in [-0.2, -0.15) is 9.40 Å². The van der Waals surface area contributed by atoms with Crippen LogP contribution < -0.4 is 5.48 Å². The summed E-state index contributed by atoms with van der Waals surface area (Å²) in [6.07, 6.45) is 5.25. The van der Waals surface area contributed by atoms with Gasteiger partial charge in [-0.05, 0) is 35.6 Å². The van der Waals surface area contributed by atoms with Crippen molar-refractivity contribution in [2.45, 2.75) is 38.6 Å². The largest absolute Gasteiger partial charge is 0.294 e. The van der Waals surface area contributed by atoms with E-state index < -0.39 is 11.3 Å². The van der Waals surface area contributed by atoms with Crippen LogP contribution in [0.25, 0.3) is 22.0 Å². The number of rotatable bonds is 11. The van der Waals surface area contributed by atoms with Crippen molar-refractivity contribution in [3.8, 4) is 11.1 Å². The normalized spacial score (nSPS) is 12.4. The third-order valence-electron chi connectivity index (χ3n) is 5.30. The lowest BCUT2D eigenvalue weighted by atomic mass is 10.0. The lowest BCUT2D eigenvalue weighted by Gasteiger charge is -2.18. The highest BCUT2D eigenvalue weighted by Crippen LogP contribution is 2.25. The van der Waals surface area contributed by atoms with Crippen LogP contribution in [0.3, 0.4) is 0 Å². The number of benzene rings is 2. The SMILES string of the molecule is Cn1ncc2ccc(-c3ccc(CN(CCCCCCC(=O)NO)S(=O)O)cc3)cc21. The molecular formula is C22H28N4O4S. The van der Waals surface area contributed by atoms with E-state index in [0.29, 0.717) is 19.5 Å². The van der Waals surface area contributed by atoms with Crippen LogP contribution in [-0.2, 0) is 29.7 Å². The van der Waals surface area contributed by atoms with Gasteiger partial charge >= 0.3 is 0 Å². The first kappa shape index (κ1) is 23.1. The van der Waals surface area contributed by atoms with Crippen LogP contribution in [0.15, 0.2) is 48.7 Å². The average molecular weight is 445 g/mol. The van der Waals surface area contributed by atoms with Crippen molar-refractivity contribution in [3.05, 3.63) is 54.2 Å². The number of hydrogen-bond acceptors (Lipinski definition) is 4. The number of aryl methyl sites for hydroxylation is 1. The van der Waals surface area contributed by atoms with Gasteiger partial charge in [-0.3, -0.25) is 19.2 Å². The Hall–Kier alpha value is -2.59. The highest BCUT2D eigenvalue weighted by Gasteiger charge is 2.12. The summed E-state index contributed by atoms with van der Waals surface area (Å²) in [4.78, 5) is 11.0. The second kappa shape index (κ2) is 11.1. The number of nitrogens with zero attached hydrogens (tertiary/aromatic N) is 3. The zero-order chi connectivity index (χ0) is 22.2. The van der Waals surface area contributed by atoms with E-state index in [1.165, 1.54) is 4.31 Å². The summed E-state index contributed by atoms with van der Waals surface area (Å²) in [5, 5.41) is 13.8. The summed E-state index contributed by atoms with van der Waals surface area (Å²) >= 11 is -2.05. The number of fused-ring (bicyclic) bond motifs is 1. The number of carbonyl (C=O) groups is 1. The molecule has 8 nitrogen and oxygen atoms in total. The number of carbonyl (C=O) groups excluding carboxylic acids is 1. The Kier molecular flexibility index (Phi) is 8.30. The minimum Gasteiger partial charge on any atom is -0.294 e. The van der Waals surface area contributed by atoms with Crippen LogP contribution in [0.2, 0.25) is 0 Å². The smallest absolute Gasteiger partial charge is 0.243 e. The van der Waals surface area contributed by atoms with Gasteiger partial charge in [-0.1, -0.05) is 49.2 Å². The molecule has 0 spiro atoms. The van der Waals surface area contributed by atoms with Gasteiger partial charge in [0.15, 0.2) is 0 Å². The second-order valence-corrected chi connectivity index (χ2v) is 8.51. The van der Waals surface area contributed by atoms with Gasteiger partial charge in [-0.25, -0.2) is 9.69 Å². The molecule has 0 fully saturated rings. The van der Waals surface area contributed by atoms with E-state index in [2.05, 4.69) is 23.3 Å². The molecule has 9 heteroatoms. The van der Waals surface area contributed by atoms with E-state index in [0.717, 1.165) is 46.9 Å². The zero-order valence-corrected chi connectivity index (χ0v) is 18.3. The van der Waals surface area contributed by atoms with E-state index in [1.807, 2.05) is 42.2 Å². The molecule has 3 rings (SSSR count). The van der Waals surface area contributed by atoms with Gasteiger partial charge in [0.05, 0.1) is 11.7 Å². The molecule has 3 aromatic rings. The van der Waals surface area contributed by atoms with E-state index in [1.54, 1.807) is 5.48 Å². The highest BCUT2D eigenvalue weighted by molar-refractivity contribution is 7.76. The lowest BCUT2D eigenvalue weighted by Crippen LogP contribution is -2.26. The summed E-state index contributed by atoms with van der Waals surface area (Å²) in [6.45, 7) is 0.880. The second-order valence-electron chi connectivity index (χ2n) is 7.53. The number of hydrogen-bond donors (Lipinski definition) is 3. The molecule has 0 aliphatic rings. The van der Waals surface area contributed by atoms with E-state index >= 15 is 0 Å². The Morgan fingerprint density at radius 3 is 2.52 bits per heavy atom. The summed E-state index contributed by atoms with van der Waals surface area (Å²) in [5.41, 5.74) is 5.83. The first-order valence-electron chi connectivity index (χ1n) is 10.3. The van der Waals surface area contributed by atoms with Crippen LogP contribution in [0.5, 0.6) is 0 Å². The van der Waals surface area contributed by atoms with Crippen molar-refractivity contribution in [2.75, 3.05) is 6.54 Å². The van der Waals surface area contributed by atoms with Crippen molar-refractivity contribution in [1.29, 1.82) is 0 Å². The van der Waals surface area contributed by atoms with Crippen molar-refractivity contribution >= 4 is 28.1 Å². The highest BCUT2D eigenvalue weighted by atomic mass is 32.2. The molecule has 1 amide bonds. The quantitative estimate of drug-likeness (QED) is 0.181. The zero-order valence-electron chi connectivity index (χ0n) is 17.5. The lowest BCUT2D eigenvalue weighted by molar-refractivity contribution is -0.129. The van der Waals surface area contributed by atoms with Gasteiger partial charge in [0, 0.05) is 31.9 Å². The number of unbranched alkanes of at least 4 members (excludes halogenated alkanes) is 3. The van der Waals surface area contributed by atoms with Crippen LogP contribution in [0.1, 0.15) is 37.7 Å². The van der Waals surface area contributed by atoms with E-state index in [9.17, 15) is 13.6 Å². The molecule has 3 N–H and O–H groups in total. The topological polar surface area (TPSA) is 108 Å². The molecule has 1 unspecified atom stereocenters. The summed E-state index contributed by atoms with van der Waals surface area (Å²) in [7, 11) is 1.92. The van der Waals surface area contributed by atoms with Crippen molar-refractivity contribution in [2.24, 2.45) is 7.05 Å². The van der Waals surface area contributed by atoms with Gasteiger partial charge in [0.2, 0.25) is 17.2 Å². The molecule has 1 heterocycles. The van der Waals surface area contributed by atoms with E-state index in [4.69, 9.17) is 5.21 Å². The first-order chi connectivity index (χ1) is 15.0. The fraction of sp³-hybridized carbons (Fsp3) is 0.364. The van der Waals surface area contributed by atoms with Crippen molar-refractivity contribution in [1.82, 2.24) is 19.6 Å². The fourth-order valence-corrected chi connectivity index (χ4v) is 4.07. The molecule has 0 saturated carbocycles. The summed E-state index contributed by atoms with van der Waals surface area (Å²) in [6, 6.07) is 14.2. The van der Waals surface area contributed by atoms with Gasteiger partial charge in [-0.15, -0.1) is 0 Å². The summed E-state index contributed by atoms with van der Waals surface area (Å²) < 4.78 is 24.7. The van der Waals surface area contributed by atoms with Gasteiger partial charge in [0.25, 0.3) is 0 Å². The number of hydroxylamine groups is 1. The van der Waals surface area contributed by atoms with Crippen LogP contribution >= 0.6 is 0 Å². The standard InChI is InChI=1S/C22H28N4O4S/c1-25-21-14-19(11-12-20(21)15-23-25)18-9-7-17(8-10-18)16-26(31(29)30)13-5-3-2-4-6-22(27)24-28/h7-12,14-15,28H,2-6,13,16H2,1H3,(H,24,27)(H,29,30). The molecule has 0 radical (unpaired) electrons. The molecule has 1 aromatic heterocycles. The third-order valence-corrected chi connectivity index (χ3v) is 6.06. The van der Waals surface area contributed by atoms with Crippen molar-refractivity contribution < 1.29 is 18.8 Å². The number of nitrogens with one attached hydrogen (secondary N) is 1. The average Bonchev–Trinajstić information content (AvgIpc) is 3.15. The molecule has 0 aliphatic carbocycles. The Morgan fingerprint density at radius 2 is 1.81 bits per heavy atom. The van der Waals surface area contributed by atoms with Crippen LogP contribution in [0, 0.1) is 0 Å². The Balaban J connectivity index is 1.54. The number of amides is 1. The molecular weight excluding hydrogens is 416 g/mol. The Bertz CT molecular complexity index is 1040. The predicted octanol–water partition coefficient (Wildman–Crippen LogP) is 3.63. The van der Waals surface area contributed by atoms with Gasteiger partial charge < -0.3 is 0 Å². The van der Waals surface area contributed by atoms with Crippen molar-refractivity contribution in [3.63, 3.8) is 0 Å². The van der Waals surface area contributed by atoms with E-state index in [-0.39, 0.29) is 12.3 Å². The monoisotopic (exact) mass is 444 g/mol. The molecule has 166 valence electrons. The molecule has 31 heavy (non-hydrogen) atoms. The summed E-state index contributed by atoms with van der Waals surface area (Å²) in [5.74, 6) is -0.387. The van der Waals surface area contributed by atoms with Gasteiger partial charge in [0.1, 0.15) is 0 Å². The third kappa shape index (κ3) is 6.44.